The molecule has 0 saturated heterocycles. The number of hydrogen-bond donors (Lipinski definition) is 1. The largest absolute Gasteiger partial charge is 0.388 e. The van der Waals surface area contributed by atoms with Crippen LogP contribution in [-0.4, -0.2) is 5.11 Å². The molecule has 20 heavy (non-hydrogen) atoms. The second-order valence-corrected chi connectivity index (χ2v) is 7.24. The Balaban J connectivity index is 1.72. The predicted molar refractivity (Wildman–Crippen MR) is 83.7 cm³/mol. The highest BCUT2D eigenvalue weighted by Gasteiger charge is 2.35. The van der Waals surface area contributed by atoms with Crippen LogP contribution in [0.15, 0.2) is 18.2 Å². The molecule has 1 N–H and O–H groups in total. The van der Waals surface area contributed by atoms with Crippen LogP contribution in [0.25, 0.3) is 0 Å². The molecule has 1 heteroatoms. The van der Waals surface area contributed by atoms with Gasteiger partial charge in [0.05, 0.1) is 6.10 Å². The summed E-state index contributed by atoms with van der Waals surface area (Å²) >= 11 is 0. The average molecular weight is 272 g/mol. The minimum Gasteiger partial charge on any atom is -0.388 e. The van der Waals surface area contributed by atoms with Crippen LogP contribution in [0.1, 0.15) is 67.7 Å². The van der Waals surface area contributed by atoms with Crippen molar-refractivity contribution in [2.75, 3.05) is 0 Å². The number of benzene rings is 1. The molecule has 0 radical (unpaired) electrons. The van der Waals surface area contributed by atoms with Crippen LogP contribution in [0.5, 0.6) is 0 Å². The highest BCUT2D eigenvalue weighted by Crippen LogP contribution is 2.46. The molecule has 1 aromatic rings. The summed E-state index contributed by atoms with van der Waals surface area (Å²) in [6.07, 6.45) is 9.25. The molecule has 0 heterocycles. The maximum Gasteiger partial charge on any atom is 0.0818 e. The third-order valence-corrected chi connectivity index (χ3v) is 5.61. The van der Waals surface area contributed by atoms with Crippen LogP contribution >= 0.6 is 0 Å². The van der Waals surface area contributed by atoms with E-state index in [9.17, 15) is 5.11 Å². The van der Waals surface area contributed by atoms with Crippen molar-refractivity contribution in [2.45, 2.75) is 64.9 Å². The molecular weight excluding hydrogens is 244 g/mol. The Kier molecular flexibility index (Phi) is 4.16. The number of aliphatic hydroxyl groups excluding tert-OH is 1. The first-order valence-electron chi connectivity index (χ1n) is 8.40. The summed E-state index contributed by atoms with van der Waals surface area (Å²) < 4.78 is 0. The van der Waals surface area contributed by atoms with Gasteiger partial charge in [-0.05, 0) is 56.4 Å². The van der Waals surface area contributed by atoms with Crippen LogP contribution in [-0.2, 0) is 0 Å². The van der Waals surface area contributed by atoms with Crippen molar-refractivity contribution in [1.82, 2.24) is 0 Å². The predicted octanol–water partition coefficient (Wildman–Crippen LogP) is 4.94. The topological polar surface area (TPSA) is 20.2 Å². The fraction of sp³-hybridized carbons (Fsp3) is 0.684. The highest BCUT2D eigenvalue weighted by atomic mass is 16.3. The van der Waals surface area contributed by atoms with Crippen LogP contribution in [0.3, 0.4) is 0 Å². The van der Waals surface area contributed by atoms with Crippen LogP contribution in [0, 0.1) is 31.6 Å². The van der Waals surface area contributed by atoms with Gasteiger partial charge in [-0.1, -0.05) is 55.0 Å². The molecule has 3 rings (SSSR count). The summed E-state index contributed by atoms with van der Waals surface area (Å²) in [7, 11) is 0. The minimum atomic E-state index is -0.253. The van der Waals surface area contributed by atoms with Gasteiger partial charge in [0.1, 0.15) is 0 Å². The first-order chi connectivity index (χ1) is 9.63. The molecule has 2 aliphatic rings. The minimum absolute atomic E-state index is 0.253. The summed E-state index contributed by atoms with van der Waals surface area (Å²) in [4.78, 5) is 0. The van der Waals surface area contributed by atoms with Gasteiger partial charge in [-0.15, -0.1) is 0 Å². The Morgan fingerprint density at radius 1 is 0.900 bits per heavy atom. The van der Waals surface area contributed by atoms with E-state index in [4.69, 9.17) is 0 Å². The molecule has 4 unspecified atom stereocenters. The van der Waals surface area contributed by atoms with E-state index in [1.54, 1.807) is 0 Å². The molecule has 110 valence electrons. The molecule has 2 saturated carbocycles. The number of aliphatic hydroxyl groups is 1. The third-order valence-electron chi connectivity index (χ3n) is 5.61. The summed E-state index contributed by atoms with van der Waals surface area (Å²) in [5.74, 6) is 2.34. The first-order valence-corrected chi connectivity index (χ1v) is 8.40. The average Bonchev–Trinajstić information content (AvgIpc) is 2.45. The summed E-state index contributed by atoms with van der Waals surface area (Å²) in [5.41, 5.74) is 3.68. The molecule has 0 aromatic heterocycles. The van der Waals surface area contributed by atoms with Gasteiger partial charge in [0.15, 0.2) is 0 Å². The van der Waals surface area contributed by atoms with Crippen molar-refractivity contribution < 1.29 is 5.11 Å². The van der Waals surface area contributed by atoms with Crippen LogP contribution in [0.4, 0.5) is 0 Å². The lowest BCUT2D eigenvalue weighted by atomic mass is 9.66. The van der Waals surface area contributed by atoms with Crippen molar-refractivity contribution >= 4 is 0 Å². The number of rotatable bonds is 2. The van der Waals surface area contributed by atoms with Gasteiger partial charge in [0, 0.05) is 0 Å². The van der Waals surface area contributed by atoms with Crippen molar-refractivity contribution in [3.05, 3.63) is 34.9 Å². The van der Waals surface area contributed by atoms with Crippen LogP contribution < -0.4 is 0 Å². The van der Waals surface area contributed by atoms with E-state index in [1.807, 2.05) is 0 Å². The van der Waals surface area contributed by atoms with E-state index in [0.29, 0.717) is 5.92 Å². The van der Waals surface area contributed by atoms with Crippen LogP contribution in [0.2, 0.25) is 0 Å². The molecule has 1 nitrogen and oxygen atoms in total. The van der Waals surface area contributed by atoms with E-state index in [-0.39, 0.29) is 6.10 Å². The molecular formula is C19H28O. The first kappa shape index (κ1) is 14.1. The number of fused-ring (bicyclic) bond motifs is 1. The molecule has 1 aromatic carbocycles. The van der Waals surface area contributed by atoms with E-state index in [2.05, 4.69) is 32.0 Å². The monoisotopic (exact) mass is 272 g/mol. The van der Waals surface area contributed by atoms with E-state index in [0.717, 1.165) is 17.4 Å². The van der Waals surface area contributed by atoms with Crippen molar-refractivity contribution in [3.63, 3.8) is 0 Å². The van der Waals surface area contributed by atoms with E-state index in [1.165, 1.54) is 56.1 Å². The van der Waals surface area contributed by atoms with Gasteiger partial charge in [-0.25, -0.2) is 0 Å². The zero-order chi connectivity index (χ0) is 14.1. The summed E-state index contributed by atoms with van der Waals surface area (Å²) in [6, 6.07) is 6.53. The zero-order valence-electron chi connectivity index (χ0n) is 12.9. The molecule has 0 amide bonds. The standard InChI is InChI=1S/C19H28O/c1-13-9-14(2)11-18(10-13)19(20)17-8-7-15-5-3-4-6-16(15)12-17/h9-11,15-17,19-20H,3-8,12H2,1-2H3. The molecule has 2 fully saturated rings. The Labute approximate surface area is 123 Å². The van der Waals surface area contributed by atoms with Crippen molar-refractivity contribution in [2.24, 2.45) is 17.8 Å². The normalized spacial score (nSPS) is 31.6. The van der Waals surface area contributed by atoms with Crippen molar-refractivity contribution in [3.8, 4) is 0 Å². The fourth-order valence-electron chi connectivity index (χ4n) is 4.65. The van der Waals surface area contributed by atoms with E-state index >= 15 is 0 Å². The summed E-state index contributed by atoms with van der Waals surface area (Å²) in [6.45, 7) is 4.25. The molecule has 0 bridgehead atoms. The highest BCUT2D eigenvalue weighted by molar-refractivity contribution is 5.30. The Hall–Kier alpha value is -0.820. The zero-order valence-corrected chi connectivity index (χ0v) is 12.9. The molecule has 2 aliphatic carbocycles. The summed E-state index contributed by atoms with van der Waals surface area (Å²) in [5, 5.41) is 10.8. The van der Waals surface area contributed by atoms with Gasteiger partial charge in [0.25, 0.3) is 0 Å². The fourth-order valence-corrected chi connectivity index (χ4v) is 4.65. The smallest absolute Gasteiger partial charge is 0.0818 e. The van der Waals surface area contributed by atoms with Gasteiger partial charge in [-0.3, -0.25) is 0 Å². The van der Waals surface area contributed by atoms with E-state index < -0.39 is 0 Å². The molecule has 0 spiro atoms. The quantitative estimate of drug-likeness (QED) is 0.808. The lowest BCUT2D eigenvalue weighted by Crippen LogP contribution is -2.30. The van der Waals surface area contributed by atoms with Gasteiger partial charge in [-0.2, -0.15) is 0 Å². The van der Waals surface area contributed by atoms with Crippen molar-refractivity contribution in [1.29, 1.82) is 0 Å². The lowest BCUT2D eigenvalue weighted by Gasteiger charge is -2.41. The third kappa shape index (κ3) is 2.93. The number of hydrogen-bond acceptors (Lipinski definition) is 1. The van der Waals surface area contributed by atoms with Gasteiger partial charge >= 0.3 is 0 Å². The van der Waals surface area contributed by atoms with Gasteiger partial charge < -0.3 is 5.11 Å². The SMILES string of the molecule is Cc1cc(C)cc(C(O)C2CCC3CCCCC3C2)c1. The molecule has 4 atom stereocenters. The maximum atomic E-state index is 10.8. The Morgan fingerprint density at radius 3 is 2.25 bits per heavy atom. The molecule has 0 aliphatic heterocycles. The number of aryl methyl sites for hydroxylation is 2. The Morgan fingerprint density at radius 2 is 1.55 bits per heavy atom. The Bertz CT molecular complexity index is 445. The lowest BCUT2D eigenvalue weighted by molar-refractivity contribution is 0.0348. The second-order valence-electron chi connectivity index (χ2n) is 7.24. The maximum absolute atomic E-state index is 10.8. The second kappa shape index (κ2) is 5.89. The van der Waals surface area contributed by atoms with Gasteiger partial charge in [0.2, 0.25) is 0 Å².